The summed E-state index contributed by atoms with van der Waals surface area (Å²) >= 11 is 0. The van der Waals surface area contributed by atoms with Crippen LogP contribution in [0.25, 0.3) is 11.6 Å². The van der Waals surface area contributed by atoms with Crippen LogP contribution in [-0.2, 0) is 0 Å². The first-order chi connectivity index (χ1) is 6.22. The molecule has 0 radical (unpaired) electrons. The molecule has 0 saturated heterocycles. The zero-order valence-corrected chi connectivity index (χ0v) is 7.95. The molecule has 2 rings (SSSR count). The van der Waals surface area contributed by atoms with E-state index in [4.69, 9.17) is 10.9 Å². The van der Waals surface area contributed by atoms with E-state index in [1.54, 1.807) is 24.3 Å². The Morgan fingerprint density at radius 2 is 2.07 bits per heavy atom. The van der Waals surface area contributed by atoms with Crippen molar-refractivity contribution in [1.29, 1.82) is 0 Å². The highest BCUT2D eigenvalue weighted by Crippen LogP contribution is 2.34. The van der Waals surface area contributed by atoms with Gasteiger partial charge in [-0.2, -0.15) is 0 Å². The fraction of sp³-hybridized carbons (Fsp3) is 0. The van der Waals surface area contributed by atoms with Gasteiger partial charge in [0.2, 0.25) is 0 Å². The van der Waals surface area contributed by atoms with Gasteiger partial charge in [-0.3, -0.25) is 0 Å². The van der Waals surface area contributed by atoms with Crippen molar-refractivity contribution in [3.8, 4) is 5.75 Å². The van der Waals surface area contributed by atoms with Gasteiger partial charge in [-0.25, -0.2) is 0 Å². The van der Waals surface area contributed by atoms with Gasteiger partial charge in [0.05, 0.1) is 0 Å². The second-order valence-electron chi connectivity index (χ2n) is 2.81. The predicted octanol–water partition coefficient (Wildman–Crippen LogP) is 1.41. The molecule has 0 bridgehead atoms. The average molecular weight is 213 g/mol. The van der Waals surface area contributed by atoms with E-state index in [0.717, 1.165) is 11.1 Å². The SMILES string of the molecule is Cl.NC(=NO)C1=Cc2ccc(O)cc21. The summed E-state index contributed by atoms with van der Waals surface area (Å²) in [6.45, 7) is 0. The van der Waals surface area contributed by atoms with Crippen molar-refractivity contribution in [2.45, 2.75) is 0 Å². The number of rotatable bonds is 1. The van der Waals surface area contributed by atoms with Crippen molar-refractivity contribution in [3.63, 3.8) is 0 Å². The molecular formula is C9H9ClN2O2. The number of benzene rings is 1. The molecule has 4 N–H and O–H groups in total. The van der Waals surface area contributed by atoms with E-state index in [0.29, 0.717) is 5.57 Å². The number of hydrogen-bond acceptors (Lipinski definition) is 3. The normalized spacial score (nSPS) is 13.4. The topological polar surface area (TPSA) is 78.8 Å². The number of amidine groups is 1. The summed E-state index contributed by atoms with van der Waals surface area (Å²) in [6, 6.07) is 4.96. The number of hydrogen-bond donors (Lipinski definition) is 3. The molecule has 0 saturated carbocycles. The standard InChI is InChI=1S/C9H8N2O2.ClH/c10-9(11-13)8-3-5-1-2-6(12)4-7(5)8;/h1-4,12-13H,(H2,10,11);1H. The summed E-state index contributed by atoms with van der Waals surface area (Å²) in [7, 11) is 0. The minimum absolute atomic E-state index is 0. The first kappa shape index (κ1) is 10.4. The van der Waals surface area contributed by atoms with Crippen molar-refractivity contribution >= 4 is 29.9 Å². The van der Waals surface area contributed by atoms with Gasteiger partial charge < -0.3 is 16.0 Å². The van der Waals surface area contributed by atoms with E-state index >= 15 is 0 Å². The third-order valence-corrected chi connectivity index (χ3v) is 2.01. The number of fused-ring (bicyclic) bond motifs is 1. The maximum atomic E-state index is 9.17. The van der Waals surface area contributed by atoms with Crippen LogP contribution in [0, 0.1) is 0 Å². The third kappa shape index (κ3) is 1.40. The number of nitrogens with zero attached hydrogens (tertiary/aromatic N) is 1. The molecule has 1 aromatic carbocycles. The Balaban J connectivity index is 0.000000980. The van der Waals surface area contributed by atoms with Gasteiger partial charge in [-0.1, -0.05) is 11.2 Å². The molecule has 1 aliphatic carbocycles. The molecule has 0 aromatic heterocycles. The molecule has 74 valence electrons. The van der Waals surface area contributed by atoms with Crippen LogP contribution in [0.15, 0.2) is 23.4 Å². The Morgan fingerprint density at radius 3 is 2.71 bits per heavy atom. The maximum absolute atomic E-state index is 9.17. The number of aromatic hydroxyl groups is 1. The molecule has 0 amide bonds. The smallest absolute Gasteiger partial charge is 0.170 e. The maximum Gasteiger partial charge on any atom is 0.170 e. The lowest BCUT2D eigenvalue weighted by atomic mass is 9.88. The van der Waals surface area contributed by atoms with Gasteiger partial charge in [0.1, 0.15) is 5.75 Å². The van der Waals surface area contributed by atoms with Crippen molar-refractivity contribution in [3.05, 3.63) is 29.3 Å². The highest BCUT2D eigenvalue weighted by atomic mass is 35.5. The Bertz CT molecular complexity index is 427. The van der Waals surface area contributed by atoms with Gasteiger partial charge >= 0.3 is 0 Å². The fourth-order valence-corrected chi connectivity index (χ4v) is 1.32. The Hall–Kier alpha value is -1.68. The molecule has 0 fully saturated rings. The van der Waals surface area contributed by atoms with Crippen molar-refractivity contribution in [1.82, 2.24) is 0 Å². The molecule has 4 nitrogen and oxygen atoms in total. The lowest BCUT2D eigenvalue weighted by molar-refractivity contribution is 0.319. The molecule has 0 unspecified atom stereocenters. The minimum atomic E-state index is 0. The minimum Gasteiger partial charge on any atom is -0.508 e. The highest BCUT2D eigenvalue weighted by Gasteiger charge is 2.19. The number of phenols is 1. The molecule has 0 aliphatic heterocycles. The van der Waals surface area contributed by atoms with E-state index < -0.39 is 0 Å². The molecule has 0 spiro atoms. The van der Waals surface area contributed by atoms with Gasteiger partial charge in [-0.15, -0.1) is 12.4 Å². The summed E-state index contributed by atoms with van der Waals surface area (Å²) in [5, 5.41) is 20.5. The van der Waals surface area contributed by atoms with Crippen LogP contribution in [0.1, 0.15) is 11.1 Å². The number of phenolic OH excluding ortho intramolecular Hbond substituents is 1. The second kappa shape index (κ2) is 3.59. The van der Waals surface area contributed by atoms with Gasteiger partial charge in [0.15, 0.2) is 5.84 Å². The molecule has 1 aromatic rings. The lowest BCUT2D eigenvalue weighted by Crippen LogP contribution is -2.18. The summed E-state index contributed by atoms with van der Waals surface area (Å²) in [4.78, 5) is 0. The van der Waals surface area contributed by atoms with E-state index in [9.17, 15) is 5.11 Å². The molecule has 14 heavy (non-hydrogen) atoms. The monoisotopic (exact) mass is 212 g/mol. The molecule has 1 aliphatic rings. The van der Waals surface area contributed by atoms with E-state index in [2.05, 4.69) is 5.16 Å². The summed E-state index contributed by atoms with van der Waals surface area (Å²) in [5.74, 6) is 0.244. The summed E-state index contributed by atoms with van der Waals surface area (Å²) in [5.41, 5.74) is 7.85. The summed E-state index contributed by atoms with van der Waals surface area (Å²) in [6.07, 6.45) is 1.80. The van der Waals surface area contributed by atoms with Crippen LogP contribution in [0.3, 0.4) is 0 Å². The van der Waals surface area contributed by atoms with Crippen molar-refractivity contribution in [2.24, 2.45) is 10.9 Å². The lowest BCUT2D eigenvalue weighted by Gasteiger charge is -2.18. The number of nitrogens with two attached hydrogens (primary N) is 1. The van der Waals surface area contributed by atoms with Crippen LogP contribution in [0.5, 0.6) is 5.75 Å². The molecule has 0 atom stereocenters. The van der Waals surface area contributed by atoms with Crippen molar-refractivity contribution < 1.29 is 10.3 Å². The fourth-order valence-electron chi connectivity index (χ4n) is 1.32. The average Bonchev–Trinajstić information content (AvgIpc) is 2.10. The van der Waals surface area contributed by atoms with Crippen LogP contribution in [0.2, 0.25) is 0 Å². The Kier molecular flexibility index (Phi) is 2.67. The van der Waals surface area contributed by atoms with Crippen molar-refractivity contribution in [2.75, 3.05) is 0 Å². The number of oxime groups is 1. The van der Waals surface area contributed by atoms with E-state index in [1.165, 1.54) is 0 Å². The second-order valence-corrected chi connectivity index (χ2v) is 2.81. The van der Waals surface area contributed by atoms with Crippen LogP contribution in [0.4, 0.5) is 0 Å². The first-order valence-corrected chi connectivity index (χ1v) is 3.75. The molecule has 0 heterocycles. The third-order valence-electron chi connectivity index (χ3n) is 2.01. The quantitative estimate of drug-likeness (QED) is 0.285. The Labute approximate surface area is 86.8 Å². The van der Waals surface area contributed by atoms with E-state index in [1.807, 2.05) is 0 Å². The van der Waals surface area contributed by atoms with Gasteiger partial charge in [0.25, 0.3) is 0 Å². The number of halogens is 1. The van der Waals surface area contributed by atoms with Crippen LogP contribution in [-0.4, -0.2) is 16.1 Å². The summed E-state index contributed by atoms with van der Waals surface area (Å²) < 4.78 is 0. The van der Waals surface area contributed by atoms with Crippen LogP contribution >= 0.6 is 12.4 Å². The predicted molar refractivity (Wildman–Crippen MR) is 56.6 cm³/mol. The molecular weight excluding hydrogens is 204 g/mol. The molecule has 5 heteroatoms. The van der Waals surface area contributed by atoms with Gasteiger partial charge in [-0.05, 0) is 29.3 Å². The van der Waals surface area contributed by atoms with Crippen LogP contribution < -0.4 is 5.73 Å². The van der Waals surface area contributed by atoms with Gasteiger partial charge in [0, 0.05) is 5.57 Å². The highest BCUT2D eigenvalue weighted by molar-refractivity contribution is 6.31. The Morgan fingerprint density at radius 1 is 1.36 bits per heavy atom. The largest absolute Gasteiger partial charge is 0.508 e. The van der Waals surface area contributed by atoms with E-state index in [-0.39, 0.29) is 24.0 Å². The zero-order chi connectivity index (χ0) is 9.42. The first-order valence-electron chi connectivity index (χ1n) is 3.75. The zero-order valence-electron chi connectivity index (χ0n) is 7.14.